The summed E-state index contributed by atoms with van der Waals surface area (Å²) in [7, 11) is -3.41. The second kappa shape index (κ2) is 7.54. The zero-order valence-electron chi connectivity index (χ0n) is 12.8. The van der Waals surface area contributed by atoms with Gasteiger partial charge in [-0.05, 0) is 36.2 Å². The van der Waals surface area contributed by atoms with Gasteiger partial charge in [0.1, 0.15) is 0 Å². The number of hydrogen-bond donors (Lipinski definition) is 2. The minimum absolute atomic E-state index is 0.0241. The molecule has 0 aliphatic carbocycles. The summed E-state index contributed by atoms with van der Waals surface area (Å²) in [5.41, 5.74) is -0.0241. The molecule has 0 spiro atoms. The highest BCUT2D eigenvalue weighted by Gasteiger charge is 2.23. The van der Waals surface area contributed by atoms with Crippen molar-refractivity contribution in [3.63, 3.8) is 0 Å². The van der Waals surface area contributed by atoms with Crippen LogP contribution < -0.4 is 10.0 Å². The molecule has 0 aromatic carbocycles. The highest BCUT2D eigenvalue weighted by molar-refractivity contribution is 7.89. The first-order valence-electron chi connectivity index (χ1n) is 7.09. The zero-order chi connectivity index (χ0) is 15.2. The van der Waals surface area contributed by atoms with E-state index in [2.05, 4.69) is 37.7 Å². The lowest BCUT2D eigenvalue weighted by Gasteiger charge is -2.22. The largest absolute Gasteiger partial charge is 0.312 e. The van der Waals surface area contributed by atoms with Gasteiger partial charge >= 0.3 is 0 Å². The van der Waals surface area contributed by atoms with Crippen LogP contribution >= 0.6 is 11.3 Å². The smallest absolute Gasteiger partial charge is 0.241 e. The topological polar surface area (TPSA) is 58.2 Å². The van der Waals surface area contributed by atoms with Crippen molar-refractivity contribution in [3.05, 3.63) is 16.3 Å². The molecule has 0 unspecified atom stereocenters. The van der Waals surface area contributed by atoms with Gasteiger partial charge in [0.05, 0.1) is 4.90 Å². The fraction of sp³-hybridized carbons (Fsp3) is 0.714. The predicted molar refractivity (Wildman–Crippen MR) is 85.6 cm³/mol. The Morgan fingerprint density at radius 3 is 2.60 bits per heavy atom. The minimum atomic E-state index is -3.41. The summed E-state index contributed by atoms with van der Waals surface area (Å²) in [6.45, 7) is 10.3. The molecule has 1 rings (SSSR count). The lowest BCUT2D eigenvalue weighted by Crippen LogP contribution is -2.34. The van der Waals surface area contributed by atoms with Crippen LogP contribution in [0.2, 0.25) is 0 Å². The van der Waals surface area contributed by atoms with E-state index in [0.29, 0.717) is 18.0 Å². The van der Waals surface area contributed by atoms with E-state index in [4.69, 9.17) is 0 Å². The van der Waals surface area contributed by atoms with E-state index in [1.807, 2.05) is 5.38 Å². The highest BCUT2D eigenvalue weighted by atomic mass is 32.2. The predicted octanol–water partition coefficient (Wildman–Crippen LogP) is 2.96. The van der Waals surface area contributed by atoms with Crippen molar-refractivity contribution in [2.75, 3.05) is 13.1 Å². The molecule has 0 bridgehead atoms. The third-order valence-electron chi connectivity index (χ3n) is 3.40. The Hall–Kier alpha value is -0.430. The van der Waals surface area contributed by atoms with E-state index in [0.717, 1.165) is 24.3 Å². The summed E-state index contributed by atoms with van der Waals surface area (Å²) >= 11 is 1.48. The van der Waals surface area contributed by atoms with Gasteiger partial charge in [0.2, 0.25) is 10.0 Å². The highest BCUT2D eigenvalue weighted by Crippen LogP contribution is 2.23. The van der Waals surface area contributed by atoms with E-state index >= 15 is 0 Å². The molecule has 6 heteroatoms. The van der Waals surface area contributed by atoms with Crippen molar-refractivity contribution in [1.29, 1.82) is 0 Å². The van der Waals surface area contributed by atoms with Crippen LogP contribution in [-0.4, -0.2) is 21.5 Å². The Kier molecular flexibility index (Phi) is 6.64. The Balaban J connectivity index is 2.75. The molecular formula is C14H26N2O2S2. The van der Waals surface area contributed by atoms with E-state index in [-0.39, 0.29) is 5.41 Å². The first-order valence-corrected chi connectivity index (χ1v) is 9.45. The van der Waals surface area contributed by atoms with Crippen molar-refractivity contribution < 1.29 is 8.42 Å². The van der Waals surface area contributed by atoms with Crippen molar-refractivity contribution in [2.24, 2.45) is 5.41 Å². The third-order valence-corrected chi connectivity index (χ3v) is 5.94. The molecule has 0 saturated carbocycles. The average molecular weight is 319 g/mol. The van der Waals surface area contributed by atoms with Gasteiger partial charge in [0.25, 0.3) is 0 Å². The SMILES string of the molecule is CCCNCc1sccc1S(=O)(=O)NCC(C)(C)CC. The molecule has 0 atom stereocenters. The van der Waals surface area contributed by atoms with Crippen LogP contribution in [0.15, 0.2) is 16.3 Å². The van der Waals surface area contributed by atoms with Crippen LogP contribution in [0.3, 0.4) is 0 Å². The van der Waals surface area contributed by atoms with Gasteiger partial charge in [-0.2, -0.15) is 0 Å². The lowest BCUT2D eigenvalue weighted by molar-refractivity contribution is 0.350. The number of hydrogen-bond acceptors (Lipinski definition) is 4. The normalized spacial score (nSPS) is 12.8. The van der Waals surface area contributed by atoms with Gasteiger partial charge in [-0.15, -0.1) is 11.3 Å². The summed E-state index contributed by atoms with van der Waals surface area (Å²) in [6, 6.07) is 1.69. The fourth-order valence-electron chi connectivity index (χ4n) is 1.57. The molecule has 116 valence electrons. The fourth-order valence-corrected chi connectivity index (χ4v) is 4.22. The molecule has 0 amide bonds. The Bertz CT molecular complexity index is 507. The minimum Gasteiger partial charge on any atom is -0.312 e. The monoisotopic (exact) mass is 318 g/mol. The van der Waals surface area contributed by atoms with Crippen molar-refractivity contribution in [3.8, 4) is 0 Å². The van der Waals surface area contributed by atoms with Crippen molar-refractivity contribution >= 4 is 21.4 Å². The summed E-state index contributed by atoms with van der Waals surface area (Å²) in [5, 5.41) is 5.09. The summed E-state index contributed by atoms with van der Waals surface area (Å²) in [4.78, 5) is 1.29. The Morgan fingerprint density at radius 1 is 1.30 bits per heavy atom. The van der Waals surface area contributed by atoms with Crippen LogP contribution in [0.5, 0.6) is 0 Å². The number of thiophene rings is 1. The van der Waals surface area contributed by atoms with Crippen LogP contribution in [0.25, 0.3) is 0 Å². The summed E-state index contributed by atoms with van der Waals surface area (Å²) in [6.07, 6.45) is 1.97. The maximum absolute atomic E-state index is 12.4. The first-order chi connectivity index (χ1) is 9.32. The quantitative estimate of drug-likeness (QED) is 0.688. The number of nitrogens with one attached hydrogen (secondary N) is 2. The van der Waals surface area contributed by atoms with E-state index < -0.39 is 10.0 Å². The first kappa shape index (κ1) is 17.6. The van der Waals surface area contributed by atoms with Gasteiger partial charge < -0.3 is 5.32 Å². The van der Waals surface area contributed by atoms with Gasteiger partial charge in [0, 0.05) is 18.0 Å². The molecule has 1 heterocycles. The molecule has 0 radical (unpaired) electrons. The summed E-state index contributed by atoms with van der Waals surface area (Å²) < 4.78 is 27.5. The standard InChI is InChI=1S/C14H26N2O2S2/c1-5-8-15-10-12-13(7-9-19-12)20(17,18)16-11-14(3,4)6-2/h7,9,15-16H,5-6,8,10-11H2,1-4H3. The van der Waals surface area contributed by atoms with E-state index in [9.17, 15) is 8.42 Å². The zero-order valence-corrected chi connectivity index (χ0v) is 14.5. The lowest BCUT2D eigenvalue weighted by atomic mass is 9.91. The van der Waals surface area contributed by atoms with Crippen molar-refractivity contribution in [2.45, 2.75) is 52.0 Å². The maximum Gasteiger partial charge on any atom is 0.241 e. The third kappa shape index (κ3) is 5.16. The maximum atomic E-state index is 12.4. The molecule has 4 nitrogen and oxygen atoms in total. The molecule has 2 N–H and O–H groups in total. The molecular weight excluding hydrogens is 292 g/mol. The molecule has 1 aromatic heterocycles. The van der Waals surface area contributed by atoms with Crippen LogP contribution in [-0.2, 0) is 16.6 Å². The second-order valence-electron chi connectivity index (χ2n) is 5.73. The average Bonchev–Trinajstić information content (AvgIpc) is 2.86. The Labute approximate surface area is 127 Å². The van der Waals surface area contributed by atoms with Gasteiger partial charge in [-0.1, -0.05) is 27.7 Å². The second-order valence-corrected chi connectivity index (χ2v) is 8.46. The molecule has 0 fully saturated rings. The molecule has 0 saturated heterocycles. The molecule has 0 aliphatic rings. The van der Waals surface area contributed by atoms with E-state index in [1.54, 1.807) is 6.07 Å². The van der Waals surface area contributed by atoms with Crippen LogP contribution in [0.4, 0.5) is 0 Å². The van der Waals surface area contributed by atoms with Gasteiger partial charge in [-0.25, -0.2) is 13.1 Å². The number of sulfonamides is 1. The van der Waals surface area contributed by atoms with Crippen LogP contribution in [0.1, 0.15) is 45.4 Å². The Morgan fingerprint density at radius 2 is 2.00 bits per heavy atom. The molecule has 1 aromatic rings. The van der Waals surface area contributed by atoms with Gasteiger partial charge in [-0.3, -0.25) is 0 Å². The number of rotatable bonds is 9. The van der Waals surface area contributed by atoms with Crippen LogP contribution in [0, 0.1) is 5.41 Å². The summed E-state index contributed by atoms with van der Waals surface area (Å²) in [5.74, 6) is 0. The van der Waals surface area contributed by atoms with Crippen molar-refractivity contribution in [1.82, 2.24) is 10.0 Å². The van der Waals surface area contributed by atoms with Gasteiger partial charge in [0.15, 0.2) is 0 Å². The van der Waals surface area contributed by atoms with E-state index in [1.165, 1.54) is 11.3 Å². The molecule has 20 heavy (non-hydrogen) atoms. The molecule has 0 aliphatic heterocycles.